The van der Waals surface area contributed by atoms with Crippen LogP contribution < -0.4 is 5.32 Å². The van der Waals surface area contributed by atoms with E-state index >= 15 is 0 Å². The second kappa shape index (κ2) is 7.78. The average molecular weight is 254 g/mol. The largest absolute Gasteiger partial charge is 0.341 e. The smallest absolute Gasteiger partial charge is 0.239 e. The van der Waals surface area contributed by atoms with Crippen LogP contribution in [0.2, 0.25) is 0 Å². The highest BCUT2D eigenvalue weighted by molar-refractivity contribution is 5.82. The van der Waals surface area contributed by atoms with Crippen LogP contribution in [0.1, 0.15) is 53.4 Å². The van der Waals surface area contributed by atoms with Gasteiger partial charge in [0.1, 0.15) is 0 Å². The van der Waals surface area contributed by atoms with E-state index in [0.717, 1.165) is 26.1 Å². The first-order valence-corrected chi connectivity index (χ1v) is 7.53. The van der Waals surface area contributed by atoms with E-state index in [2.05, 4.69) is 37.9 Å². The lowest BCUT2D eigenvalue weighted by molar-refractivity contribution is -0.134. The van der Waals surface area contributed by atoms with Gasteiger partial charge in [0.05, 0.1) is 6.04 Å². The van der Waals surface area contributed by atoms with E-state index in [1.54, 1.807) is 0 Å². The van der Waals surface area contributed by atoms with E-state index in [1.165, 1.54) is 19.3 Å². The van der Waals surface area contributed by atoms with Crippen LogP contribution in [0.5, 0.6) is 0 Å². The standard InChI is InChI=1S/C15H30N2O/c1-12(2)10-17(11-13(3)4)15(18)14-8-6-5-7-9-16-14/h12-14,16H,5-11H2,1-4H3. The molecule has 1 saturated heterocycles. The molecule has 3 heteroatoms. The van der Waals surface area contributed by atoms with Gasteiger partial charge in [0.25, 0.3) is 0 Å². The lowest BCUT2D eigenvalue weighted by Crippen LogP contribution is -2.48. The number of amides is 1. The molecule has 18 heavy (non-hydrogen) atoms. The summed E-state index contributed by atoms with van der Waals surface area (Å²) < 4.78 is 0. The van der Waals surface area contributed by atoms with Gasteiger partial charge in [0.2, 0.25) is 5.91 Å². The van der Waals surface area contributed by atoms with Crippen LogP contribution in [0.15, 0.2) is 0 Å². The Morgan fingerprint density at radius 3 is 2.28 bits per heavy atom. The van der Waals surface area contributed by atoms with Gasteiger partial charge >= 0.3 is 0 Å². The third kappa shape index (κ3) is 5.38. The summed E-state index contributed by atoms with van der Waals surface area (Å²) in [5.41, 5.74) is 0. The summed E-state index contributed by atoms with van der Waals surface area (Å²) in [6.07, 6.45) is 4.65. The summed E-state index contributed by atoms with van der Waals surface area (Å²) in [5.74, 6) is 1.40. The van der Waals surface area contributed by atoms with Gasteiger partial charge in [-0.3, -0.25) is 4.79 Å². The molecule has 1 fully saturated rings. The van der Waals surface area contributed by atoms with Crippen LogP contribution in [0.3, 0.4) is 0 Å². The molecule has 0 saturated carbocycles. The lowest BCUT2D eigenvalue weighted by atomic mass is 10.1. The van der Waals surface area contributed by atoms with Crippen LogP contribution >= 0.6 is 0 Å². The van der Waals surface area contributed by atoms with Crippen LogP contribution in [0.4, 0.5) is 0 Å². The molecule has 1 unspecified atom stereocenters. The Labute approximate surface area is 112 Å². The molecule has 106 valence electrons. The molecule has 0 aliphatic carbocycles. The molecular weight excluding hydrogens is 224 g/mol. The Hall–Kier alpha value is -0.570. The average Bonchev–Trinajstić information content (AvgIpc) is 2.54. The SMILES string of the molecule is CC(C)CN(CC(C)C)C(=O)C1CCCCCN1. The summed E-state index contributed by atoms with van der Waals surface area (Å²) in [7, 11) is 0. The van der Waals surface area contributed by atoms with Gasteiger partial charge in [-0.15, -0.1) is 0 Å². The van der Waals surface area contributed by atoms with Crippen molar-refractivity contribution in [2.45, 2.75) is 59.4 Å². The van der Waals surface area contributed by atoms with Crippen LogP contribution in [0, 0.1) is 11.8 Å². The highest BCUT2D eigenvalue weighted by Gasteiger charge is 2.25. The lowest BCUT2D eigenvalue weighted by Gasteiger charge is -2.30. The van der Waals surface area contributed by atoms with Crippen LogP contribution in [-0.2, 0) is 4.79 Å². The number of nitrogens with one attached hydrogen (secondary N) is 1. The van der Waals surface area contributed by atoms with Gasteiger partial charge in [-0.1, -0.05) is 40.5 Å². The van der Waals surface area contributed by atoms with Crippen molar-refractivity contribution >= 4 is 5.91 Å². The summed E-state index contributed by atoms with van der Waals surface area (Å²) >= 11 is 0. The number of carbonyl (C=O) groups is 1. The van der Waals surface area contributed by atoms with E-state index in [9.17, 15) is 4.79 Å². The van der Waals surface area contributed by atoms with E-state index in [-0.39, 0.29) is 6.04 Å². The second-order valence-corrected chi connectivity index (χ2v) is 6.39. The zero-order valence-corrected chi connectivity index (χ0v) is 12.5. The molecule has 1 aliphatic rings. The minimum absolute atomic E-state index is 0.0602. The molecule has 0 radical (unpaired) electrons. The minimum Gasteiger partial charge on any atom is -0.341 e. The quantitative estimate of drug-likeness (QED) is 0.818. The number of hydrogen-bond acceptors (Lipinski definition) is 2. The number of carbonyl (C=O) groups excluding carboxylic acids is 1. The molecule has 0 aromatic heterocycles. The number of hydrogen-bond donors (Lipinski definition) is 1. The highest BCUT2D eigenvalue weighted by atomic mass is 16.2. The van der Waals surface area contributed by atoms with Crippen molar-refractivity contribution in [1.82, 2.24) is 10.2 Å². The third-order valence-corrected chi connectivity index (χ3v) is 3.34. The van der Waals surface area contributed by atoms with Crippen molar-refractivity contribution in [3.63, 3.8) is 0 Å². The Morgan fingerprint density at radius 1 is 1.11 bits per heavy atom. The fraction of sp³-hybridized carbons (Fsp3) is 0.933. The first kappa shape index (κ1) is 15.5. The first-order valence-electron chi connectivity index (χ1n) is 7.53. The molecule has 0 aromatic carbocycles. The van der Waals surface area contributed by atoms with Gasteiger partial charge < -0.3 is 10.2 Å². The van der Waals surface area contributed by atoms with Crippen molar-refractivity contribution in [3.05, 3.63) is 0 Å². The Morgan fingerprint density at radius 2 is 1.72 bits per heavy atom. The predicted octanol–water partition coefficient (Wildman–Crippen LogP) is 2.66. The maximum atomic E-state index is 12.6. The van der Waals surface area contributed by atoms with Gasteiger partial charge in [0.15, 0.2) is 0 Å². The normalized spacial score (nSPS) is 21.1. The van der Waals surface area contributed by atoms with Crippen molar-refractivity contribution in [2.75, 3.05) is 19.6 Å². The zero-order chi connectivity index (χ0) is 13.5. The zero-order valence-electron chi connectivity index (χ0n) is 12.5. The van der Waals surface area contributed by atoms with Crippen LogP contribution in [-0.4, -0.2) is 36.5 Å². The van der Waals surface area contributed by atoms with Gasteiger partial charge in [-0.05, 0) is 31.2 Å². The second-order valence-electron chi connectivity index (χ2n) is 6.39. The monoisotopic (exact) mass is 254 g/mol. The molecule has 1 heterocycles. The molecule has 1 amide bonds. The van der Waals surface area contributed by atoms with Crippen molar-refractivity contribution in [1.29, 1.82) is 0 Å². The van der Waals surface area contributed by atoms with Crippen molar-refractivity contribution in [2.24, 2.45) is 11.8 Å². The fourth-order valence-corrected chi connectivity index (χ4v) is 2.60. The highest BCUT2D eigenvalue weighted by Crippen LogP contribution is 2.13. The van der Waals surface area contributed by atoms with Crippen molar-refractivity contribution < 1.29 is 4.79 Å². The summed E-state index contributed by atoms with van der Waals surface area (Å²) in [6, 6.07) is 0.0602. The molecule has 1 aliphatic heterocycles. The topological polar surface area (TPSA) is 32.3 Å². The van der Waals surface area contributed by atoms with Gasteiger partial charge in [-0.25, -0.2) is 0 Å². The minimum atomic E-state index is 0.0602. The molecule has 1 atom stereocenters. The van der Waals surface area contributed by atoms with E-state index in [1.807, 2.05) is 0 Å². The maximum absolute atomic E-state index is 12.6. The van der Waals surface area contributed by atoms with Gasteiger partial charge in [0, 0.05) is 13.1 Å². The maximum Gasteiger partial charge on any atom is 0.239 e. The number of rotatable bonds is 5. The summed E-state index contributed by atoms with van der Waals surface area (Å²) in [5, 5.41) is 3.42. The van der Waals surface area contributed by atoms with E-state index in [4.69, 9.17) is 0 Å². The molecule has 3 nitrogen and oxygen atoms in total. The molecule has 0 aromatic rings. The number of nitrogens with zero attached hydrogens (tertiary/aromatic N) is 1. The molecular formula is C15H30N2O. The summed E-state index contributed by atoms with van der Waals surface area (Å²) in [6.45, 7) is 11.5. The van der Waals surface area contributed by atoms with Crippen LogP contribution in [0.25, 0.3) is 0 Å². The fourth-order valence-electron chi connectivity index (χ4n) is 2.60. The van der Waals surface area contributed by atoms with E-state index < -0.39 is 0 Å². The molecule has 0 spiro atoms. The predicted molar refractivity (Wildman–Crippen MR) is 76.5 cm³/mol. The Kier molecular flexibility index (Phi) is 6.69. The van der Waals surface area contributed by atoms with Gasteiger partial charge in [-0.2, -0.15) is 0 Å². The molecule has 0 bridgehead atoms. The first-order chi connectivity index (χ1) is 8.50. The molecule has 1 rings (SSSR count). The van der Waals surface area contributed by atoms with E-state index in [0.29, 0.717) is 17.7 Å². The van der Waals surface area contributed by atoms with Crippen molar-refractivity contribution in [3.8, 4) is 0 Å². The Bertz CT molecular complexity index is 233. The third-order valence-electron chi connectivity index (χ3n) is 3.34. The summed E-state index contributed by atoms with van der Waals surface area (Å²) in [4.78, 5) is 14.7. The Balaban J connectivity index is 2.60. The molecule has 1 N–H and O–H groups in total.